The zero-order valence-electron chi connectivity index (χ0n) is 14.9. The van der Waals surface area contributed by atoms with Crippen LogP contribution in [0.25, 0.3) is 0 Å². The normalized spacial score (nSPS) is 15.2. The van der Waals surface area contributed by atoms with Gasteiger partial charge >= 0.3 is 0 Å². The van der Waals surface area contributed by atoms with Gasteiger partial charge in [0.25, 0.3) is 0 Å². The van der Waals surface area contributed by atoms with Crippen LogP contribution in [-0.4, -0.2) is 52.4 Å². The summed E-state index contributed by atoms with van der Waals surface area (Å²) < 4.78 is 16.1. The van der Waals surface area contributed by atoms with Crippen molar-refractivity contribution in [2.24, 2.45) is 0 Å². The largest absolute Gasteiger partial charge is 0.493 e. The van der Waals surface area contributed by atoms with Crippen LogP contribution in [0, 0.1) is 0 Å². The van der Waals surface area contributed by atoms with Gasteiger partial charge in [-0.15, -0.1) is 0 Å². The van der Waals surface area contributed by atoms with E-state index < -0.39 is 0 Å². The second kappa shape index (κ2) is 8.99. The molecule has 5 nitrogen and oxygen atoms in total. The average molecular weight is 322 g/mol. The third-order valence-electron chi connectivity index (χ3n) is 4.64. The highest BCUT2D eigenvalue weighted by molar-refractivity contribution is 5.53. The molecular weight excluding hydrogens is 292 g/mol. The highest BCUT2D eigenvalue weighted by Gasteiger charge is 2.18. The van der Waals surface area contributed by atoms with Crippen molar-refractivity contribution in [3.63, 3.8) is 0 Å². The zero-order chi connectivity index (χ0) is 16.7. The Morgan fingerprint density at radius 2 is 1.65 bits per heavy atom. The summed E-state index contributed by atoms with van der Waals surface area (Å²) in [5, 5.41) is 3.50. The molecule has 1 N–H and O–H groups in total. The van der Waals surface area contributed by atoms with Crippen LogP contribution in [0.5, 0.6) is 17.2 Å². The topological polar surface area (TPSA) is 43.0 Å². The Morgan fingerprint density at radius 3 is 2.17 bits per heavy atom. The first kappa shape index (κ1) is 17.9. The van der Waals surface area contributed by atoms with Crippen molar-refractivity contribution in [2.45, 2.75) is 38.3 Å². The molecule has 0 aliphatic heterocycles. The SMILES string of the molecule is COc1cc(CNCCN(C)C2CCCC2)cc(OC)c1OC. The van der Waals surface area contributed by atoms with Crippen LogP contribution in [0.2, 0.25) is 0 Å². The highest BCUT2D eigenvalue weighted by Crippen LogP contribution is 2.38. The molecule has 0 radical (unpaired) electrons. The summed E-state index contributed by atoms with van der Waals surface area (Å²) in [6.45, 7) is 2.84. The molecule has 0 aromatic heterocycles. The van der Waals surface area contributed by atoms with Gasteiger partial charge in [0.2, 0.25) is 5.75 Å². The Bertz CT molecular complexity index is 462. The van der Waals surface area contributed by atoms with Gasteiger partial charge in [0, 0.05) is 25.7 Å². The fourth-order valence-electron chi connectivity index (χ4n) is 3.25. The van der Waals surface area contributed by atoms with E-state index in [4.69, 9.17) is 14.2 Å². The second-order valence-electron chi connectivity index (χ2n) is 6.13. The molecule has 0 bridgehead atoms. The molecule has 23 heavy (non-hydrogen) atoms. The van der Waals surface area contributed by atoms with Crippen molar-refractivity contribution in [3.05, 3.63) is 17.7 Å². The van der Waals surface area contributed by atoms with Crippen molar-refractivity contribution in [1.29, 1.82) is 0 Å². The van der Waals surface area contributed by atoms with Crippen LogP contribution in [-0.2, 0) is 6.54 Å². The van der Waals surface area contributed by atoms with Gasteiger partial charge in [0.05, 0.1) is 21.3 Å². The predicted molar refractivity (Wildman–Crippen MR) is 92.7 cm³/mol. The zero-order valence-corrected chi connectivity index (χ0v) is 14.9. The molecule has 0 atom stereocenters. The number of hydrogen-bond donors (Lipinski definition) is 1. The van der Waals surface area contributed by atoms with Gasteiger partial charge in [0.15, 0.2) is 11.5 Å². The number of methoxy groups -OCH3 is 3. The maximum Gasteiger partial charge on any atom is 0.203 e. The summed E-state index contributed by atoms with van der Waals surface area (Å²) >= 11 is 0. The Kier molecular flexibility index (Phi) is 6.99. The Morgan fingerprint density at radius 1 is 1.04 bits per heavy atom. The number of rotatable bonds is 9. The van der Waals surface area contributed by atoms with Crippen molar-refractivity contribution < 1.29 is 14.2 Å². The van der Waals surface area contributed by atoms with Crippen LogP contribution in [0.3, 0.4) is 0 Å². The molecule has 1 fully saturated rings. The molecule has 0 spiro atoms. The molecule has 5 heteroatoms. The number of likely N-dealkylation sites (N-methyl/N-ethyl adjacent to an activating group) is 1. The van der Waals surface area contributed by atoms with E-state index in [1.54, 1.807) is 21.3 Å². The second-order valence-corrected chi connectivity index (χ2v) is 6.13. The summed E-state index contributed by atoms with van der Waals surface area (Å²) in [5.74, 6) is 2.04. The van der Waals surface area contributed by atoms with E-state index in [1.807, 2.05) is 12.1 Å². The first-order valence-corrected chi connectivity index (χ1v) is 8.39. The van der Waals surface area contributed by atoms with Gasteiger partial charge in [-0.05, 0) is 37.6 Å². The molecule has 1 aromatic carbocycles. The van der Waals surface area contributed by atoms with Crippen LogP contribution in [0.15, 0.2) is 12.1 Å². The molecule has 0 saturated heterocycles. The van der Waals surface area contributed by atoms with Gasteiger partial charge in [-0.25, -0.2) is 0 Å². The summed E-state index contributed by atoms with van der Waals surface area (Å²) in [4.78, 5) is 2.48. The molecular formula is C18H30N2O3. The van der Waals surface area contributed by atoms with Gasteiger partial charge in [-0.2, -0.15) is 0 Å². The smallest absolute Gasteiger partial charge is 0.203 e. The van der Waals surface area contributed by atoms with Crippen molar-refractivity contribution in [3.8, 4) is 17.2 Å². The summed E-state index contributed by atoms with van der Waals surface area (Å²) in [5.41, 5.74) is 1.13. The number of hydrogen-bond acceptors (Lipinski definition) is 5. The van der Waals surface area contributed by atoms with E-state index in [2.05, 4.69) is 17.3 Å². The lowest BCUT2D eigenvalue weighted by atomic mass is 10.1. The molecule has 130 valence electrons. The molecule has 0 amide bonds. The van der Waals surface area contributed by atoms with Gasteiger partial charge in [-0.3, -0.25) is 0 Å². The standard InChI is InChI=1S/C18H30N2O3/c1-20(15-7-5-6-8-15)10-9-19-13-14-11-16(21-2)18(23-4)17(12-14)22-3/h11-12,15,19H,5-10,13H2,1-4H3. The summed E-state index contributed by atoms with van der Waals surface area (Å²) in [6.07, 6.45) is 5.47. The lowest BCUT2D eigenvalue weighted by Crippen LogP contribution is -2.35. The number of nitrogens with zero attached hydrogens (tertiary/aromatic N) is 1. The Balaban J connectivity index is 1.85. The minimum Gasteiger partial charge on any atom is -0.493 e. The van der Waals surface area contributed by atoms with E-state index in [1.165, 1.54) is 25.7 Å². The number of nitrogens with one attached hydrogen (secondary N) is 1. The Labute approximate surface area is 139 Å². The first-order valence-electron chi connectivity index (χ1n) is 8.39. The quantitative estimate of drug-likeness (QED) is 0.708. The number of ether oxygens (including phenoxy) is 3. The maximum absolute atomic E-state index is 5.39. The monoisotopic (exact) mass is 322 g/mol. The molecule has 0 unspecified atom stereocenters. The summed E-state index contributed by atoms with van der Waals surface area (Å²) in [7, 11) is 7.14. The molecule has 0 heterocycles. The van der Waals surface area contributed by atoms with Crippen molar-refractivity contribution in [1.82, 2.24) is 10.2 Å². The molecule has 1 aromatic rings. The Hall–Kier alpha value is -1.46. The average Bonchev–Trinajstić information content (AvgIpc) is 3.12. The van der Waals surface area contributed by atoms with E-state index in [-0.39, 0.29) is 0 Å². The van der Waals surface area contributed by atoms with Crippen LogP contribution < -0.4 is 19.5 Å². The van der Waals surface area contributed by atoms with Gasteiger partial charge in [-0.1, -0.05) is 12.8 Å². The van der Waals surface area contributed by atoms with Gasteiger partial charge < -0.3 is 24.4 Å². The molecule has 1 saturated carbocycles. The van der Waals surface area contributed by atoms with Crippen LogP contribution in [0.4, 0.5) is 0 Å². The minimum absolute atomic E-state index is 0.639. The minimum atomic E-state index is 0.639. The molecule has 1 aliphatic rings. The fraction of sp³-hybridized carbons (Fsp3) is 0.667. The summed E-state index contributed by atoms with van der Waals surface area (Å²) in [6, 6.07) is 4.77. The van der Waals surface area contributed by atoms with E-state index in [0.717, 1.165) is 31.2 Å². The molecule has 2 rings (SSSR count). The number of benzene rings is 1. The lowest BCUT2D eigenvalue weighted by Gasteiger charge is -2.24. The van der Waals surface area contributed by atoms with E-state index >= 15 is 0 Å². The third kappa shape index (κ3) is 4.75. The van der Waals surface area contributed by atoms with E-state index in [9.17, 15) is 0 Å². The highest BCUT2D eigenvalue weighted by atomic mass is 16.5. The van der Waals surface area contributed by atoms with Crippen LogP contribution >= 0.6 is 0 Å². The van der Waals surface area contributed by atoms with Gasteiger partial charge in [0.1, 0.15) is 0 Å². The maximum atomic E-state index is 5.39. The lowest BCUT2D eigenvalue weighted by molar-refractivity contribution is 0.245. The van der Waals surface area contributed by atoms with Crippen LogP contribution in [0.1, 0.15) is 31.2 Å². The first-order chi connectivity index (χ1) is 11.2. The van der Waals surface area contributed by atoms with E-state index in [0.29, 0.717) is 17.2 Å². The third-order valence-corrected chi connectivity index (χ3v) is 4.64. The fourth-order valence-corrected chi connectivity index (χ4v) is 3.25. The molecule has 1 aliphatic carbocycles. The predicted octanol–water partition coefficient (Wildman–Crippen LogP) is 2.68. The van der Waals surface area contributed by atoms with Crippen molar-refractivity contribution in [2.75, 3.05) is 41.5 Å². The van der Waals surface area contributed by atoms with Crippen molar-refractivity contribution >= 4 is 0 Å².